The number of nitrogens with two attached hydrogens (primary N) is 1. The summed E-state index contributed by atoms with van der Waals surface area (Å²) in [6, 6.07) is 5.57. The van der Waals surface area contributed by atoms with Crippen LogP contribution in [0.3, 0.4) is 0 Å². The van der Waals surface area contributed by atoms with Crippen molar-refractivity contribution >= 4 is 5.82 Å². The first-order valence-electron chi connectivity index (χ1n) is 10.4. The second-order valence-electron chi connectivity index (χ2n) is 8.66. The fraction of sp³-hybridized carbons (Fsp3) is 0.409. The minimum absolute atomic E-state index is 0.101. The summed E-state index contributed by atoms with van der Waals surface area (Å²) < 4.78 is 1.08. The highest BCUT2D eigenvalue weighted by atomic mass is 16.2. The van der Waals surface area contributed by atoms with Gasteiger partial charge < -0.3 is 5.73 Å². The topological polar surface area (TPSA) is 140 Å². The van der Waals surface area contributed by atoms with Crippen molar-refractivity contribution in [1.29, 1.82) is 0 Å². The molecule has 0 bridgehead atoms. The highest BCUT2D eigenvalue weighted by Gasteiger charge is 2.33. The zero-order valence-corrected chi connectivity index (χ0v) is 17.9. The first-order valence-corrected chi connectivity index (χ1v) is 10.4. The molecule has 0 spiro atoms. The van der Waals surface area contributed by atoms with E-state index in [1.54, 1.807) is 0 Å². The maximum atomic E-state index is 12.4. The van der Waals surface area contributed by atoms with Crippen molar-refractivity contribution < 1.29 is 0 Å². The molecule has 162 valence electrons. The smallest absolute Gasteiger partial charge is 0.349 e. The molecule has 1 aromatic carbocycles. The number of nitrogen functional groups attached to an aromatic ring is 1. The van der Waals surface area contributed by atoms with Crippen LogP contribution in [0, 0.1) is 13.8 Å². The minimum Gasteiger partial charge on any atom is -0.378 e. The van der Waals surface area contributed by atoms with Crippen molar-refractivity contribution in [2.75, 3.05) is 5.73 Å². The summed E-state index contributed by atoms with van der Waals surface area (Å²) in [4.78, 5) is 38.3. The van der Waals surface area contributed by atoms with Crippen molar-refractivity contribution in [2.24, 2.45) is 0 Å². The van der Waals surface area contributed by atoms with Crippen LogP contribution in [-0.2, 0) is 11.8 Å². The van der Waals surface area contributed by atoms with Gasteiger partial charge in [0.25, 0.3) is 11.1 Å². The largest absolute Gasteiger partial charge is 0.378 e. The van der Waals surface area contributed by atoms with Gasteiger partial charge in [0.15, 0.2) is 0 Å². The third-order valence-electron chi connectivity index (χ3n) is 6.35. The fourth-order valence-corrected chi connectivity index (χ4v) is 4.55. The van der Waals surface area contributed by atoms with Gasteiger partial charge in [-0.2, -0.15) is 9.78 Å². The standard InChI is InChI=1S/C22H26N6O3/c1-12-8-15(28-21(31)24-20(30)18(23)27-28)9-13(2)16(12)10-14-11-17(19(29)26-25-14)22(3)6-4-5-7-22/h8-9,11H,4-7,10H2,1-3H3,(H2,23,27)(H,26,29)(H,24,30,31). The van der Waals surface area contributed by atoms with Gasteiger partial charge in [-0.25, -0.2) is 9.89 Å². The normalized spacial score (nSPS) is 15.3. The number of hydrogen-bond acceptors (Lipinski definition) is 6. The van der Waals surface area contributed by atoms with E-state index >= 15 is 0 Å². The Morgan fingerprint density at radius 3 is 2.35 bits per heavy atom. The number of aryl methyl sites for hydroxylation is 2. The summed E-state index contributed by atoms with van der Waals surface area (Å²) in [7, 11) is 0. The van der Waals surface area contributed by atoms with E-state index in [0.29, 0.717) is 12.1 Å². The maximum Gasteiger partial charge on any atom is 0.349 e. The molecule has 9 nitrogen and oxygen atoms in total. The predicted molar refractivity (Wildman–Crippen MR) is 118 cm³/mol. The van der Waals surface area contributed by atoms with Gasteiger partial charge >= 0.3 is 5.69 Å². The van der Waals surface area contributed by atoms with Crippen LogP contribution in [-0.4, -0.2) is 25.0 Å². The highest BCUT2D eigenvalue weighted by Crippen LogP contribution is 2.39. The number of nitrogens with zero attached hydrogens (tertiary/aromatic N) is 3. The van der Waals surface area contributed by atoms with E-state index in [1.165, 1.54) is 0 Å². The lowest BCUT2D eigenvalue weighted by Crippen LogP contribution is -2.33. The molecule has 1 aliphatic carbocycles. The molecule has 0 aliphatic heterocycles. The minimum atomic E-state index is -0.706. The zero-order valence-electron chi connectivity index (χ0n) is 17.9. The van der Waals surface area contributed by atoms with Crippen LogP contribution < -0.4 is 22.5 Å². The summed E-state index contributed by atoms with van der Waals surface area (Å²) in [5.41, 5.74) is 9.05. The summed E-state index contributed by atoms with van der Waals surface area (Å²) in [6.07, 6.45) is 4.84. The highest BCUT2D eigenvalue weighted by molar-refractivity contribution is 5.46. The lowest BCUT2D eigenvalue weighted by Gasteiger charge is -2.23. The van der Waals surface area contributed by atoms with Gasteiger partial charge in [0.1, 0.15) is 0 Å². The van der Waals surface area contributed by atoms with Gasteiger partial charge in [0, 0.05) is 12.0 Å². The van der Waals surface area contributed by atoms with Crippen LogP contribution >= 0.6 is 0 Å². The van der Waals surface area contributed by atoms with Crippen molar-refractivity contribution in [3.8, 4) is 5.69 Å². The van der Waals surface area contributed by atoms with E-state index in [4.69, 9.17) is 5.73 Å². The van der Waals surface area contributed by atoms with Gasteiger partial charge in [-0.05, 0) is 67.0 Å². The Hall–Kier alpha value is -3.49. The summed E-state index contributed by atoms with van der Waals surface area (Å²) >= 11 is 0. The number of H-pyrrole nitrogens is 2. The second-order valence-corrected chi connectivity index (χ2v) is 8.66. The number of aromatic nitrogens is 5. The molecule has 9 heteroatoms. The molecule has 0 unspecified atom stereocenters. The molecule has 0 atom stereocenters. The third kappa shape index (κ3) is 3.83. The number of nitrogens with one attached hydrogen (secondary N) is 2. The average Bonchev–Trinajstić information content (AvgIpc) is 3.16. The molecule has 0 radical (unpaired) electrons. The molecule has 0 saturated heterocycles. The van der Waals surface area contributed by atoms with E-state index in [-0.39, 0.29) is 16.8 Å². The Balaban J connectivity index is 1.71. The zero-order chi connectivity index (χ0) is 22.3. The first kappa shape index (κ1) is 20.8. The van der Waals surface area contributed by atoms with Crippen LogP contribution in [0.4, 0.5) is 5.82 Å². The van der Waals surface area contributed by atoms with Crippen LogP contribution in [0.25, 0.3) is 5.69 Å². The number of benzene rings is 1. The number of rotatable bonds is 4. The van der Waals surface area contributed by atoms with E-state index in [1.807, 2.05) is 32.0 Å². The average molecular weight is 422 g/mol. The van der Waals surface area contributed by atoms with Crippen LogP contribution in [0.15, 0.2) is 32.6 Å². The van der Waals surface area contributed by atoms with Crippen LogP contribution in [0.1, 0.15) is 60.6 Å². The summed E-state index contributed by atoms with van der Waals surface area (Å²) in [5, 5.41) is 10.8. The van der Waals surface area contributed by atoms with Gasteiger partial charge in [-0.1, -0.05) is 19.8 Å². The summed E-state index contributed by atoms with van der Waals surface area (Å²) in [5.74, 6) is -0.274. The maximum absolute atomic E-state index is 12.4. The molecule has 1 saturated carbocycles. The van der Waals surface area contributed by atoms with Crippen molar-refractivity contribution in [1.82, 2.24) is 25.0 Å². The molecule has 4 N–H and O–H groups in total. The Labute approximate surface area is 178 Å². The molecule has 31 heavy (non-hydrogen) atoms. The van der Waals surface area contributed by atoms with Crippen molar-refractivity contribution in [3.63, 3.8) is 0 Å². The number of anilines is 1. The van der Waals surface area contributed by atoms with Gasteiger partial charge in [0.2, 0.25) is 5.82 Å². The fourth-order valence-electron chi connectivity index (χ4n) is 4.55. The van der Waals surface area contributed by atoms with Crippen LogP contribution in [0.2, 0.25) is 0 Å². The molecular formula is C22H26N6O3. The van der Waals surface area contributed by atoms with Gasteiger partial charge in [-0.15, -0.1) is 5.10 Å². The quantitative estimate of drug-likeness (QED) is 0.584. The molecule has 2 heterocycles. The second kappa shape index (κ2) is 7.64. The molecule has 2 aromatic heterocycles. The van der Waals surface area contributed by atoms with E-state index in [0.717, 1.165) is 58.3 Å². The summed E-state index contributed by atoms with van der Waals surface area (Å²) in [6.45, 7) is 6.04. The SMILES string of the molecule is Cc1cc(-n2nc(N)c(=O)[nH]c2=O)cc(C)c1Cc1cc(C2(C)CCCC2)c(=O)[nH]n1. The molecular weight excluding hydrogens is 396 g/mol. The first-order chi connectivity index (χ1) is 14.7. The molecule has 3 aromatic rings. The Kier molecular flexibility index (Phi) is 5.12. The number of aromatic amines is 2. The Morgan fingerprint density at radius 1 is 1.06 bits per heavy atom. The van der Waals surface area contributed by atoms with E-state index < -0.39 is 11.2 Å². The van der Waals surface area contributed by atoms with Crippen molar-refractivity contribution in [3.05, 3.63) is 77.3 Å². The molecule has 4 rings (SSSR count). The van der Waals surface area contributed by atoms with E-state index in [9.17, 15) is 14.4 Å². The van der Waals surface area contributed by atoms with Gasteiger partial charge in [-0.3, -0.25) is 14.6 Å². The predicted octanol–water partition coefficient (Wildman–Crippen LogP) is 1.63. The van der Waals surface area contributed by atoms with Crippen LogP contribution in [0.5, 0.6) is 0 Å². The monoisotopic (exact) mass is 422 g/mol. The van der Waals surface area contributed by atoms with E-state index in [2.05, 4.69) is 27.2 Å². The molecule has 1 aliphatic rings. The van der Waals surface area contributed by atoms with Crippen molar-refractivity contribution in [2.45, 2.75) is 58.3 Å². The lowest BCUT2D eigenvalue weighted by atomic mass is 9.81. The van der Waals surface area contributed by atoms with Gasteiger partial charge in [0.05, 0.1) is 11.4 Å². The Bertz CT molecular complexity index is 1310. The molecule has 0 amide bonds. The third-order valence-corrected chi connectivity index (χ3v) is 6.35. The number of hydrogen-bond donors (Lipinski definition) is 3. The lowest BCUT2D eigenvalue weighted by molar-refractivity contribution is 0.482. The molecule has 1 fully saturated rings. The Morgan fingerprint density at radius 2 is 1.71 bits per heavy atom.